The molecule has 0 radical (unpaired) electrons. The Morgan fingerprint density at radius 1 is 1.29 bits per heavy atom. The summed E-state index contributed by atoms with van der Waals surface area (Å²) in [5, 5.41) is 24.4. The quantitative estimate of drug-likeness (QED) is 0.430. The smallest absolute Gasteiger partial charge is 0.307 e. The molecule has 0 spiro atoms. The molecule has 0 saturated heterocycles. The molecule has 1 atom stereocenters. The highest BCUT2D eigenvalue weighted by Crippen LogP contribution is 2.10. The van der Waals surface area contributed by atoms with Crippen LogP contribution in [0.2, 0.25) is 0 Å². The summed E-state index contributed by atoms with van der Waals surface area (Å²) in [5.74, 6) is -3.38. The molecule has 0 rings (SSSR count). The van der Waals surface area contributed by atoms with Gasteiger partial charge in [0.1, 0.15) is 0 Å². The van der Waals surface area contributed by atoms with Crippen LogP contribution in [0.25, 0.3) is 0 Å². The van der Waals surface area contributed by atoms with Gasteiger partial charge in [-0.2, -0.15) is 0 Å². The second-order valence-corrected chi connectivity index (χ2v) is 2.98. The van der Waals surface area contributed by atoms with Crippen LogP contribution >= 0.6 is 0 Å². The fourth-order valence-electron chi connectivity index (χ4n) is 1.03. The lowest BCUT2D eigenvalue weighted by atomic mass is 9.97. The summed E-state index contributed by atoms with van der Waals surface area (Å²) in [6, 6.07) is 0. The lowest BCUT2D eigenvalue weighted by Gasteiger charge is -2.09. The Hall–Kier alpha value is -1.43. The van der Waals surface area contributed by atoms with Crippen molar-refractivity contribution in [3.8, 4) is 0 Å². The van der Waals surface area contributed by atoms with Crippen molar-refractivity contribution in [2.24, 2.45) is 11.7 Å². The molecule has 0 saturated carbocycles. The van der Waals surface area contributed by atoms with Gasteiger partial charge in [0.05, 0.1) is 12.3 Å². The van der Waals surface area contributed by atoms with Crippen LogP contribution in [-0.2, 0) is 9.59 Å². The second kappa shape index (κ2) is 6.09. The van der Waals surface area contributed by atoms with Gasteiger partial charge in [-0.15, -0.1) is 0 Å². The molecule has 0 aromatic carbocycles. The van der Waals surface area contributed by atoms with E-state index in [1.54, 1.807) is 0 Å². The zero-order chi connectivity index (χ0) is 11.1. The Kier molecular flexibility index (Phi) is 5.47. The van der Waals surface area contributed by atoms with Crippen LogP contribution in [-0.4, -0.2) is 34.4 Å². The molecule has 0 bridgehead atoms. The fraction of sp³-hybridized carbons (Fsp3) is 0.625. The van der Waals surface area contributed by atoms with Gasteiger partial charge in [0, 0.05) is 5.71 Å². The molecule has 0 amide bonds. The minimum absolute atomic E-state index is 0.0428. The van der Waals surface area contributed by atoms with E-state index in [4.69, 9.17) is 21.4 Å². The average Bonchev–Trinajstić information content (AvgIpc) is 2.02. The van der Waals surface area contributed by atoms with E-state index < -0.39 is 24.3 Å². The third-order valence-corrected chi connectivity index (χ3v) is 1.71. The Bertz CT molecular complexity index is 239. The minimum atomic E-state index is -1.19. The first-order valence-electron chi connectivity index (χ1n) is 4.18. The maximum atomic E-state index is 10.6. The minimum Gasteiger partial charge on any atom is -0.481 e. The van der Waals surface area contributed by atoms with Crippen molar-refractivity contribution in [2.75, 3.05) is 6.54 Å². The average molecular weight is 202 g/mol. The van der Waals surface area contributed by atoms with Crippen molar-refractivity contribution in [3.63, 3.8) is 0 Å². The van der Waals surface area contributed by atoms with E-state index in [2.05, 4.69) is 0 Å². The van der Waals surface area contributed by atoms with Crippen molar-refractivity contribution in [1.82, 2.24) is 0 Å². The van der Waals surface area contributed by atoms with Crippen LogP contribution in [0.3, 0.4) is 0 Å². The Morgan fingerprint density at radius 3 is 2.21 bits per heavy atom. The van der Waals surface area contributed by atoms with E-state index in [0.29, 0.717) is 6.42 Å². The standard InChI is InChI=1S/C8H14N2O4/c9-2-1-6(10)3-5(8(13)14)4-7(11)12/h5,10H,1-4,9H2,(H,11,12)(H,13,14). The van der Waals surface area contributed by atoms with Gasteiger partial charge in [0.15, 0.2) is 0 Å². The molecule has 0 aliphatic rings. The number of carboxylic acid groups (broad SMARTS) is 2. The molecule has 0 heterocycles. The highest BCUT2D eigenvalue weighted by molar-refractivity contribution is 5.87. The highest BCUT2D eigenvalue weighted by atomic mass is 16.4. The predicted molar refractivity (Wildman–Crippen MR) is 49.4 cm³/mol. The molecule has 0 aromatic heterocycles. The number of aliphatic carboxylic acids is 2. The molecular weight excluding hydrogens is 188 g/mol. The lowest BCUT2D eigenvalue weighted by molar-refractivity contribution is -0.148. The van der Waals surface area contributed by atoms with Crippen molar-refractivity contribution in [3.05, 3.63) is 0 Å². The molecule has 0 aliphatic carbocycles. The first-order chi connectivity index (χ1) is 6.47. The summed E-state index contributed by atoms with van der Waals surface area (Å²) in [7, 11) is 0. The number of hydrogen-bond donors (Lipinski definition) is 4. The first kappa shape index (κ1) is 12.6. The van der Waals surface area contributed by atoms with Crippen LogP contribution in [0, 0.1) is 11.3 Å². The zero-order valence-electron chi connectivity index (χ0n) is 7.69. The van der Waals surface area contributed by atoms with Crippen molar-refractivity contribution >= 4 is 17.7 Å². The molecule has 6 nitrogen and oxygen atoms in total. The van der Waals surface area contributed by atoms with Crippen molar-refractivity contribution < 1.29 is 19.8 Å². The van der Waals surface area contributed by atoms with Gasteiger partial charge in [-0.05, 0) is 19.4 Å². The van der Waals surface area contributed by atoms with E-state index in [-0.39, 0.29) is 18.7 Å². The normalized spacial score (nSPS) is 12.1. The van der Waals surface area contributed by atoms with Gasteiger partial charge >= 0.3 is 11.9 Å². The monoisotopic (exact) mass is 202 g/mol. The summed E-state index contributed by atoms with van der Waals surface area (Å²) in [5.41, 5.74) is 5.36. The molecule has 0 fully saturated rings. The van der Waals surface area contributed by atoms with Gasteiger partial charge in [-0.25, -0.2) is 0 Å². The lowest BCUT2D eigenvalue weighted by Crippen LogP contribution is -2.22. The van der Waals surface area contributed by atoms with E-state index in [0.717, 1.165) is 0 Å². The van der Waals surface area contributed by atoms with E-state index in [1.807, 2.05) is 0 Å². The van der Waals surface area contributed by atoms with Crippen molar-refractivity contribution in [2.45, 2.75) is 19.3 Å². The number of rotatable bonds is 7. The number of carbonyl (C=O) groups is 2. The Balaban J connectivity index is 4.16. The zero-order valence-corrected chi connectivity index (χ0v) is 7.69. The van der Waals surface area contributed by atoms with Crippen molar-refractivity contribution in [1.29, 1.82) is 5.41 Å². The number of carboxylic acids is 2. The van der Waals surface area contributed by atoms with Gasteiger partial charge in [0.25, 0.3) is 0 Å². The molecule has 6 heteroatoms. The van der Waals surface area contributed by atoms with Crippen LogP contribution in [0.15, 0.2) is 0 Å². The molecule has 80 valence electrons. The van der Waals surface area contributed by atoms with Gasteiger partial charge < -0.3 is 21.4 Å². The van der Waals surface area contributed by atoms with Gasteiger partial charge in [0.2, 0.25) is 0 Å². The molecule has 5 N–H and O–H groups in total. The molecule has 14 heavy (non-hydrogen) atoms. The number of nitrogens with one attached hydrogen (secondary N) is 1. The maximum Gasteiger partial charge on any atom is 0.307 e. The van der Waals surface area contributed by atoms with Crippen LogP contribution in [0.4, 0.5) is 0 Å². The Labute approximate surface area is 81.2 Å². The summed E-state index contributed by atoms with van der Waals surface area (Å²) in [6.45, 7) is 0.276. The SMILES string of the molecule is N=C(CCN)CC(CC(=O)O)C(=O)O. The second-order valence-electron chi connectivity index (χ2n) is 2.98. The summed E-state index contributed by atoms with van der Waals surface area (Å²) in [4.78, 5) is 20.9. The summed E-state index contributed by atoms with van der Waals surface area (Å²) in [6.07, 6.45) is -0.190. The van der Waals surface area contributed by atoms with Crippen LogP contribution < -0.4 is 5.73 Å². The molecule has 0 aliphatic heterocycles. The van der Waals surface area contributed by atoms with Gasteiger partial charge in [-0.3, -0.25) is 9.59 Å². The summed E-state index contributed by atoms with van der Waals surface area (Å²) >= 11 is 0. The number of hydrogen-bond acceptors (Lipinski definition) is 4. The maximum absolute atomic E-state index is 10.6. The predicted octanol–water partition coefficient (Wildman–Crippen LogP) is -0.0794. The molecule has 0 aromatic rings. The summed E-state index contributed by atoms with van der Waals surface area (Å²) < 4.78 is 0. The first-order valence-corrected chi connectivity index (χ1v) is 4.18. The van der Waals surface area contributed by atoms with Crippen LogP contribution in [0.5, 0.6) is 0 Å². The van der Waals surface area contributed by atoms with E-state index in [1.165, 1.54) is 0 Å². The largest absolute Gasteiger partial charge is 0.481 e. The Morgan fingerprint density at radius 2 is 1.86 bits per heavy atom. The van der Waals surface area contributed by atoms with Crippen LogP contribution in [0.1, 0.15) is 19.3 Å². The van der Waals surface area contributed by atoms with E-state index >= 15 is 0 Å². The molecular formula is C8H14N2O4. The molecule has 1 unspecified atom stereocenters. The van der Waals surface area contributed by atoms with E-state index in [9.17, 15) is 9.59 Å². The highest BCUT2D eigenvalue weighted by Gasteiger charge is 2.22. The third kappa shape index (κ3) is 5.26. The fourth-order valence-corrected chi connectivity index (χ4v) is 1.03. The third-order valence-electron chi connectivity index (χ3n) is 1.71. The van der Waals surface area contributed by atoms with Gasteiger partial charge in [-0.1, -0.05) is 0 Å². The topological polar surface area (TPSA) is 124 Å². The number of nitrogens with two attached hydrogens (primary N) is 1.